The molecule has 0 spiro atoms. The Morgan fingerprint density at radius 3 is 2.75 bits per heavy atom. The van der Waals surface area contributed by atoms with Gasteiger partial charge in [-0.3, -0.25) is 0 Å². The smallest absolute Gasteiger partial charge is 0.0852 e. The van der Waals surface area contributed by atoms with Gasteiger partial charge in [0.05, 0.1) is 12.2 Å². The van der Waals surface area contributed by atoms with Gasteiger partial charge in [-0.15, -0.1) is 0 Å². The van der Waals surface area contributed by atoms with Gasteiger partial charge in [0, 0.05) is 6.61 Å². The predicted octanol–water partition coefficient (Wildman–Crippen LogP) is 3.38. The highest BCUT2D eigenvalue weighted by atomic mass is 16.5. The third-order valence-electron chi connectivity index (χ3n) is 3.84. The first-order valence-corrected chi connectivity index (χ1v) is 6.77. The fourth-order valence-corrected chi connectivity index (χ4v) is 2.61. The summed E-state index contributed by atoms with van der Waals surface area (Å²) in [6, 6.07) is 0. The van der Waals surface area contributed by atoms with Gasteiger partial charge in [0.25, 0.3) is 0 Å². The number of aliphatic hydroxyl groups is 1. The average Bonchev–Trinajstić information content (AvgIpc) is 2.21. The van der Waals surface area contributed by atoms with Crippen LogP contribution in [0.5, 0.6) is 0 Å². The third kappa shape index (κ3) is 3.74. The predicted molar refractivity (Wildman–Crippen MR) is 67.5 cm³/mol. The van der Waals surface area contributed by atoms with Crippen LogP contribution < -0.4 is 0 Å². The van der Waals surface area contributed by atoms with E-state index in [1.165, 1.54) is 19.3 Å². The monoisotopic (exact) mass is 228 g/mol. The molecule has 1 aliphatic carbocycles. The molecule has 1 N–H and O–H groups in total. The number of hydrogen-bond acceptors (Lipinski definition) is 2. The van der Waals surface area contributed by atoms with E-state index < -0.39 is 0 Å². The molecule has 0 amide bonds. The first kappa shape index (κ1) is 14.0. The van der Waals surface area contributed by atoms with Crippen molar-refractivity contribution in [3.05, 3.63) is 0 Å². The van der Waals surface area contributed by atoms with Crippen molar-refractivity contribution in [3.8, 4) is 0 Å². The van der Waals surface area contributed by atoms with E-state index in [1.807, 2.05) is 0 Å². The van der Waals surface area contributed by atoms with Gasteiger partial charge in [-0.1, -0.05) is 40.5 Å². The molecule has 0 aromatic heterocycles. The second-order valence-corrected chi connectivity index (χ2v) is 6.09. The zero-order valence-corrected chi connectivity index (χ0v) is 11.3. The summed E-state index contributed by atoms with van der Waals surface area (Å²) in [5, 5.41) is 10.2. The second-order valence-electron chi connectivity index (χ2n) is 6.09. The normalized spacial score (nSPS) is 31.3. The van der Waals surface area contributed by atoms with Crippen molar-refractivity contribution in [3.63, 3.8) is 0 Å². The Hall–Kier alpha value is -0.0800. The summed E-state index contributed by atoms with van der Waals surface area (Å²) < 4.78 is 5.90. The number of rotatable bonds is 5. The molecule has 16 heavy (non-hydrogen) atoms. The molecule has 0 aliphatic heterocycles. The van der Waals surface area contributed by atoms with Crippen molar-refractivity contribution in [1.82, 2.24) is 0 Å². The van der Waals surface area contributed by atoms with Crippen LogP contribution in [0.15, 0.2) is 0 Å². The number of hydrogen-bond donors (Lipinski definition) is 1. The molecule has 1 saturated carbocycles. The second kappa shape index (κ2) is 6.02. The molecule has 3 unspecified atom stereocenters. The lowest BCUT2D eigenvalue weighted by Gasteiger charge is -2.40. The minimum Gasteiger partial charge on any atom is -0.390 e. The largest absolute Gasteiger partial charge is 0.390 e. The van der Waals surface area contributed by atoms with Gasteiger partial charge >= 0.3 is 0 Å². The zero-order chi connectivity index (χ0) is 12.2. The van der Waals surface area contributed by atoms with Crippen LogP contribution in [0.2, 0.25) is 0 Å². The maximum Gasteiger partial charge on any atom is 0.0852 e. The van der Waals surface area contributed by atoms with E-state index in [0.717, 1.165) is 19.4 Å². The van der Waals surface area contributed by atoms with Gasteiger partial charge in [-0.05, 0) is 30.6 Å². The topological polar surface area (TPSA) is 29.5 Å². The van der Waals surface area contributed by atoms with Crippen LogP contribution >= 0.6 is 0 Å². The van der Waals surface area contributed by atoms with Gasteiger partial charge in [-0.25, -0.2) is 0 Å². The van der Waals surface area contributed by atoms with Crippen LogP contribution in [0.25, 0.3) is 0 Å². The number of aliphatic hydroxyl groups excluding tert-OH is 1. The summed E-state index contributed by atoms with van der Waals surface area (Å²) in [7, 11) is 0. The van der Waals surface area contributed by atoms with Gasteiger partial charge in [-0.2, -0.15) is 0 Å². The van der Waals surface area contributed by atoms with Gasteiger partial charge in [0.15, 0.2) is 0 Å². The van der Waals surface area contributed by atoms with Crippen LogP contribution in [-0.4, -0.2) is 23.9 Å². The minimum atomic E-state index is -0.296. The lowest BCUT2D eigenvalue weighted by molar-refractivity contribution is -0.118. The molecular weight excluding hydrogens is 200 g/mol. The van der Waals surface area contributed by atoms with E-state index in [9.17, 15) is 5.11 Å². The van der Waals surface area contributed by atoms with Crippen LogP contribution in [-0.2, 0) is 4.74 Å². The highest BCUT2D eigenvalue weighted by Crippen LogP contribution is 2.37. The van der Waals surface area contributed by atoms with Crippen molar-refractivity contribution in [2.24, 2.45) is 11.3 Å². The van der Waals surface area contributed by atoms with Crippen molar-refractivity contribution in [1.29, 1.82) is 0 Å². The fourth-order valence-electron chi connectivity index (χ4n) is 2.61. The summed E-state index contributed by atoms with van der Waals surface area (Å²) in [5.74, 6) is 0.613. The highest BCUT2D eigenvalue weighted by Gasteiger charge is 2.38. The van der Waals surface area contributed by atoms with Gasteiger partial charge in [0.2, 0.25) is 0 Å². The van der Waals surface area contributed by atoms with Crippen molar-refractivity contribution in [2.45, 2.75) is 72.0 Å². The molecule has 2 nitrogen and oxygen atoms in total. The Balaban J connectivity index is 2.36. The van der Waals surface area contributed by atoms with Crippen LogP contribution in [0, 0.1) is 11.3 Å². The van der Waals surface area contributed by atoms with Gasteiger partial charge in [0.1, 0.15) is 0 Å². The SMILES string of the molecule is CCCC(C)COC1CCCC(C)(C)C1O. The molecule has 1 rings (SSSR count). The molecule has 96 valence electrons. The quantitative estimate of drug-likeness (QED) is 0.781. The Bertz CT molecular complexity index is 201. The van der Waals surface area contributed by atoms with E-state index in [4.69, 9.17) is 4.74 Å². The van der Waals surface area contributed by atoms with Crippen molar-refractivity contribution in [2.75, 3.05) is 6.61 Å². The molecular formula is C14H28O2. The maximum atomic E-state index is 10.2. The van der Waals surface area contributed by atoms with Crippen LogP contribution in [0.1, 0.15) is 59.8 Å². The summed E-state index contributed by atoms with van der Waals surface area (Å²) in [5.41, 5.74) is 0.0247. The minimum absolute atomic E-state index is 0.0247. The summed E-state index contributed by atoms with van der Waals surface area (Å²) >= 11 is 0. The van der Waals surface area contributed by atoms with Gasteiger partial charge < -0.3 is 9.84 Å². The zero-order valence-electron chi connectivity index (χ0n) is 11.3. The summed E-state index contributed by atoms with van der Waals surface area (Å²) in [6.07, 6.45) is 5.49. The standard InChI is InChI=1S/C14H28O2/c1-5-7-11(2)10-16-12-8-6-9-14(3,4)13(12)15/h11-13,15H,5-10H2,1-4H3. The molecule has 3 atom stereocenters. The van der Waals surface area contributed by atoms with Crippen LogP contribution in [0.4, 0.5) is 0 Å². The Morgan fingerprint density at radius 1 is 1.44 bits per heavy atom. The molecule has 0 saturated heterocycles. The maximum absolute atomic E-state index is 10.2. The Morgan fingerprint density at radius 2 is 2.12 bits per heavy atom. The van der Waals surface area contributed by atoms with E-state index in [1.54, 1.807) is 0 Å². The fraction of sp³-hybridized carbons (Fsp3) is 1.00. The molecule has 0 aromatic carbocycles. The molecule has 0 radical (unpaired) electrons. The number of ether oxygens (including phenoxy) is 1. The van der Waals surface area contributed by atoms with Crippen molar-refractivity contribution < 1.29 is 9.84 Å². The molecule has 2 heteroatoms. The van der Waals surface area contributed by atoms with Crippen molar-refractivity contribution >= 4 is 0 Å². The lowest BCUT2D eigenvalue weighted by Crippen LogP contribution is -2.45. The highest BCUT2D eigenvalue weighted by molar-refractivity contribution is 4.88. The van der Waals surface area contributed by atoms with E-state index in [2.05, 4.69) is 27.7 Å². The first-order chi connectivity index (χ1) is 7.47. The lowest BCUT2D eigenvalue weighted by atomic mass is 9.73. The molecule has 1 aliphatic rings. The van der Waals surface area contributed by atoms with E-state index in [0.29, 0.717) is 5.92 Å². The molecule has 0 bridgehead atoms. The average molecular weight is 228 g/mol. The Labute approximate surface area is 100 Å². The molecule has 0 aromatic rings. The summed E-state index contributed by atoms with van der Waals surface area (Å²) in [6.45, 7) is 9.51. The Kier molecular flexibility index (Phi) is 5.26. The first-order valence-electron chi connectivity index (χ1n) is 6.77. The van der Waals surface area contributed by atoms with E-state index in [-0.39, 0.29) is 17.6 Å². The molecule has 1 fully saturated rings. The van der Waals surface area contributed by atoms with E-state index >= 15 is 0 Å². The van der Waals surface area contributed by atoms with Crippen LogP contribution in [0.3, 0.4) is 0 Å². The molecule has 0 heterocycles. The third-order valence-corrected chi connectivity index (χ3v) is 3.84. The summed E-state index contributed by atoms with van der Waals surface area (Å²) in [4.78, 5) is 0.